The fourth-order valence-electron chi connectivity index (χ4n) is 1.26. The van der Waals surface area contributed by atoms with Crippen molar-refractivity contribution in [2.45, 2.75) is 13.1 Å². The molecule has 2 aromatic rings. The first-order valence-electron chi connectivity index (χ1n) is 5.12. The number of amides is 2. The molecule has 3 N–H and O–H groups in total. The molecule has 2 rings (SSSR count). The number of nitrogens with zero attached hydrogens (tertiary/aromatic N) is 3. The highest BCUT2D eigenvalue weighted by atomic mass is 16.2. The Balaban J connectivity index is 1.71. The standard InChI is InChI=1S/C10H12N6O/c17-10(12-7-9-13-15-16-14-9)11-6-8-4-2-1-3-5-8/h1-5H,6-7H2,(H2,11,12,17)(H,13,14,15,16). The first-order chi connectivity index (χ1) is 8.34. The van der Waals surface area contributed by atoms with Crippen LogP contribution in [0.3, 0.4) is 0 Å². The van der Waals surface area contributed by atoms with Crippen LogP contribution in [0.15, 0.2) is 30.3 Å². The number of carbonyl (C=O) groups is 1. The number of tetrazole rings is 1. The molecule has 1 aromatic heterocycles. The highest BCUT2D eigenvalue weighted by Gasteiger charge is 2.02. The van der Waals surface area contributed by atoms with Crippen LogP contribution in [0.1, 0.15) is 11.4 Å². The molecule has 0 saturated carbocycles. The van der Waals surface area contributed by atoms with Crippen molar-refractivity contribution >= 4 is 6.03 Å². The van der Waals surface area contributed by atoms with Crippen LogP contribution < -0.4 is 10.6 Å². The van der Waals surface area contributed by atoms with E-state index in [1.165, 1.54) is 0 Å². The van der Waals surface area contributed by atoms with Gasteiger partial charge in [0.15, 0.2) is 5.82 Å². The lowest BCUT2D eigenvalue weighted by Crippen LogP contribution is -2.34. The van der Waals surface area contributed by atoms with Crippen molar-refractivity contribution in [2.75, 3.05) is 0 Å². The maximum Gasteiger partial charge on any atom is 0.315 e. The molecule has 1 aromatic carbocycles. The summed E-state index contributed by atoms with van der Waals surface area (Å²) < 4.78 is 0. The molecule has 0 fully saturated rings. The monoisotopic (exact) mass is 232 g/mol. The van der Waals surface area contributed by atoms with Crippen LogP contribution in [0.5, 0.6) is 0 Å². The second kappa shape index (κ2) is 5.59. The van der Waals surface area contributed by atoms with Gasteiger partial charge in [0.05, 0.1) is 6.54 Å². The van der Waals surface area contributed by atoms with E-state index in [1.807, 2.05) is 30.3 Å². The van der Waals surface area contributed by atoms with Crippen LogP contribution in [0, 0.1) is 0 Å². The third kappa shape index (κ3) is 3.56. The lowest BCUT2D eigenvalue weighted by molar-refractivity contribution is 0.240. The number of rotatable bonds is 4. The summed E-state index contributed by atoms with van der Waals surface area (Å²) in [7, 11) is 0. The van der Waals surface area contributed by atoms with E-state index in [1.54, 1.807) is 0 Å². The van der Waals surface area contributed by atoms with Gasteiger partial charge in [0.1, 0.15) is 0 Å². The Bertz CT molecular complexity index is 455. The Hall–Kier alpha value is -2.44. The highest BCUT2D eigenvalue weighted by molar-refractivity contribution is 5.73. The normalized spacial score (nSPS) is 9.88. The van der Waals surface area contributed by atoms with Crippen molar-refractivity contribution in [3.63, 3.8) is 0 Å². The summed E-state index contributed by atoms with van der Waals surface area (Å²) in [4.78, 5) is 11.4. The van der Waals surface area contributed by atoms with Gasteiger partial charge in [-0.15, -0.1) is 10.2 Å². The number of hydrogen-bond acceptors (Lipinski definition) is 4. The number of urea groups is 1. The summed E-state index contributed by atoms with van der Waals surface area (Å²) in [5.41, 5.74) is 1.04. The molecule has 0 unspecified atom stereocenters. The Morgan fingerprint density at radius 3 is 2.65 bits per heavy atom. The molecule has 2 amide bonds. The largest absolute Gasteiger partial charge is 0.334 e. The molecule has 0 saturated heterocycles. The topological polar surface area (TPSA) is 95.6 Å². The van der Waals surface area contributed by atoms with Crippen LogP contribution in [0.4, 0.5) is 4.79 Å². The minimum absolute atomic E-state index is 0.247. The van der Waals surface area contributed by atoms with Gasteiger partial charge in [-0.25, -0.2) is 4.79 Å². The van der Waals surface area contributed by atoms with Crippen LogP contribution in [0.2, 0.25) is 0 Å². The molecule has 0 aliphatic heterocycles. The van der Waals surface area contributed by atoms with Gasteiger partial charge in [0.2, 0.25) is 0 Å². The molecule has 0 bridgehead atoms. The van der Waals surface area contributed by atoms with Crippen molar-refractivity contribution < 1.29 is 4.79 Å². The molecule has 88 valence electrons. The van der Waals surface area contributed by atoms with Gasteiger partial charge >= 0.3 is 6.03 Å². The fourth-order valence-corrected chi connectivity index (χ4v) is 1.26. The quantitative estimate of drug-likeness (QED) is 0.701. The zero-order valence-corrected chi connectivity index (χ0v) is 9.05. The third-order valence-corrected chi connectivity index (χ3v) is 2.09. The van der Waals surface area contributed by atoms with E-state index in [9.17, 15) is 4.79 Å². The van der Waals surface area contributed by atoms with Crippen molar-refractivity contribution in [1.82, 2.24) is 31.3 Å². The number of aromatic nitrogens is 4. The number of carbonyl (C=O) groups excluding carboxylic acids is 1. The highest BCUT2D eigenvalue weighted by Crippen LogP contribution is 1.96. The molecule has 0 spiro atoms. The predicted molar refractivity (Wildman–Crippen MR) is 59.7 cm³/mol. The average Bonchev–Trinajstić information content (AvgIpc) is 2.88. The van der Waals surface area contributed by atoms with Gasteiger partial charge in [0.25, 0.3) is 0 Å². The second-order valence-corrected chi connectivity index (χ2v) is 3.35. The van der Waals surface area contributed by atoms with Gasteiger partial charge < -0.3 is 10.6 Å². The Morgan fingerprint density at radius 1 is 1.18 bits per heavy atom. The maximum atomic E-state index is 11.4. The Morgan fingerprint density at radius 2 is 1.94 bits per heavy atom. The summed E-state index contributed by atoms with van der Waals surface area (Å²) in [6.45, 7) is 0.732. The molecule has 0 radical (unpaired) electrons. The molecule has 0 aliphatic carbocycles. The Labute approximate surface area is 97.6 Å². The van der Waals surface area contributed by atoms with E-state index >= 15 is 0 Å². The summed E-state index contributed by atoms with van der Waals surface area (Å²) in [5, 5.41) is 18.5. The van der Waals surface area contributed by atoms with Crippen molar-refractivity contribution in [3.05, 3.63) is 41.7 Å². The van der Waals surface area contributed by atoms with E-state index < -0.39 is 0 Å². The summed E-state index contributed by atoms with van der Waals surface area (Å²) in [5.74, 6) is 0.444. The van der Waals surface area contributed by atoms with Gasteiger partial charge in [-0.1, -0.05) is 35.5 Å². The first kappa shape index (κ1) is 11.1. The molecule has 17 heavy (non-hydrogen) atoms. The van der Waals surface area contributed by atoms with Gasteiger partial charge in [-0.05, 0) is 5.56 Å². The lowest BCUT2D eigenvalue weighted by atomic mass is 10.2. The maximum absolute atomic E-state index is 11.4. The minimum atomic E-state index is -0.265. The summed E-state index contributed by atoms with van der Waals surface area (Å²) >= 11 is 0. The van der Waals surface area contributed by atoms with Crippen LogP contribution in [-0.2, 0) is 13.1 Å². The smallest absolute Gasteiger partial charge is 0.315 e. The summed E-state index contributed by atoms with van der Waals surface area (Å²) in [6, 6.07) is 9.40. The van der Waals surface area contributed by atoms with E-state index in [-0.39, 0.29) is 12.6 Å². The Kier molecular flexibility index (Phi) is 3.64. The van der Waals surface area contributed by atoms with Crippen LogP contribution >= 0.6 is 0 Å². The van der Waals surface area contributed by atoms with E-state index in [0.29, 0.717) is 12.4 Å². The zero-order chi connectivity index (χ0) is 11.9. The number of aromatic amines is 1. The average molecular weight is 232 g/mol. The minimum Gasteiger partial charge on any atom is -0.334 e. The molecule has 0 atom stereocenters. The van der Waals surface area contributed by atoms with Crippen LogP contribution in [0.25, 0.3) is 0 Å². The number of hydrogen-bond donors (Lipinski definition) is 3. The molecule has 7 heteroatoms. The van der Waals surface area contributed by atoms with Crippen molar-refractivity contribution in [1.29, 1.82) is 0 Å². The predicted octanol–water partition coefficient (Wildman–Crippen LogP) is 0.199. The first-order valence-corrected chi connectivity index (χ1v) is 5.12. The number of nitrogens with one attached hydrogen (secondary N) is 3. The second-order valence-electron chi connectivity index (χ2n) is 3.35. The molecular weight excluding hydrogens is 220 g/mol. The van der Waals surface area contributed by atoms with Gasteiger partial charge in [-0.2, -0.15) is 5.21 Å². The van der Waals surface area contributed by atoms with Crippen LogP contribution in [-0.4, -0.2) is 26.7 Å². The molecular formula is C10H12N6O. The van der Waals surface area contributed by atoms with E-state index in [4.69, 9.17) is 0 Å². The van der Waals surface area contributed by atoms with E-state index in [2.05, 4.69) is 31.3 Å². The molecule has 7 nitrogen and oxygen atoms in total. The van der Waals surface area contributed by atoms with Gasteiger partial charge in [0, 0.05) is 6.54 Å². The SMILES string of the molecule is O=C(NCc1ccccc1)NCc1nn[nH]n1. The fraction of sp³-hybridized carbons (Fsp3) is 0.200. The van der Waals surface area contributed by atoms with Gasteiger partial charge in [-0.3, -0.25) is 0 Å². The lowest BCUT2D eigenvalue weighted by Gasteiger charge is -2.05. The molecule has 0 aliphatic rings. The van der Waals surface area contributed by atoms with Crippen molar-refractivity contribution in [3.8, 4) is 0 Å². The van der Waals surface area contributed by atoms with E-state index in [0.717, 1.165) is 5.56 Å². The third-order valence-electron chi connectivity index (χ3n) is 2.09. The van der Waals surface area contributed by atoms with Crippen molar-refractivity contribution in [2.24, 2.45) is 0 Å². The summed E-state index contributed by atoms with van der Waals surface area (Å²) in [6.07, 6.45) is 0. The molecule has 1 heterocycles. The number of benzene rings is 1. The number of H-pyrrole nitrogens is 1. The zero-order valence-electron chi connectivity index (χ0n) is 9.05.